The molecule has 4 heteroatoms. The molecule has 0 unspecified atom stereocenters. The average Bonchev–Trinajstić information content (AvgIpc) is 2.57. The Morgan fingerprint density at radius 1 is 0.864 bits per heavy atom. The first-order valence-electron chi connectivity index (χ1n) is 6.93. The molecule has 0 saturated carbocycles. The Labute approximate surface area is 128 Å². The van der Waals surface area contributed by atoms with Crippen LogP contribution in [-0.2, 0) is 6.61 Å². The van der Waals surface area contributed by atoms with Gasteiger partial charge in [-0.3, -0.25) is 4.79 Å². The number of hydrogen-bond donors (Lipinski definition) is 1. The van der Waals surface area contributed by atoms with Crippen molar-refractivity contribution in [1.29, 1.82) is 0 Å². The van der Waals surface area contributed by atoms with Crippen LogP contribution < -0.4 is 14.9 Å². The highest BCUT2D eigenvalue weighted by molar-refractivity contribution is 5.30. The van der Waals surface area contributed by atoms with Crippen LogP contribution in [0.15, 0.2) is 77.7 Å². The van der Waals surface area contributed by atoms with Crippen LogP contribution in [0.3, 0.4) is 0 Å². The van der Waals surface area contributed by atoms with E-state index in [1.807, 2.05) is 48.5 Å². The van der Waals surface area contributed by atoms with E-state index in [9.17, 15) is 4.79 Å². The van der Waals surface area contributed by atoms with Gasteiger partial charge in [0.2, 0.25) is 5.43 Å². The summed E-state index contributed by atoms with van der Waals surface area (Å²) in [6.45, 7) is 0.296. The van der Waals surface area contributed by atoms with E-state index >= 15 is 0 Å². The summed E-state index contributed by atoms with van der Waals surface area (Å²) in [5, 5.41) is 0. The molecule has 110 valence electrons. The molecule has 1 aromatic heterocycles. The summed E-state index contributed by atoms with van der Waals surface area (Å²) in [6, 6.07) is 20.1. The SMILES string of the molecule is O=c1cc(COc2ccccc2)[nH]cc1Oc1ccccc1. The number of hydrogen-bond acceptors (Lipinski definition) is 3. The zero-order chi connectivity index (χ0) is 15.2. The van der Waals surface area contributed by atoms with Crippen LogP contribution in [0.25, 0.3) is 0 Å². The summed E-state index contributed by atoms with van der Waals surface area (Å²) < 4.78 is 11.1. The summed E-state index contributed by atoms with van der Waals surface area (Å²) in [7, 11) is 0. The van der Waals surface area contributed by atoms with Crippen LogP contribution in [0.1, 0.15) is 5.69 Å². The topological polar surface area (TPSA) is 51.3 Å². The fraction of sp³-hybridized carbons (Fsp3) is 0.0556. The maximum absolute atomic E-state index is 12.1. The molecule has 0 radical (unpaired) electrons. The number of pyridine rings is 1. The van der Waals surface area contributed by atoms with Crippen molar-refractivity contribution in [3.63, 3.8) is 0 Å². The van der Waals surface area contributed by atoms with E-state index in [0.717, 1.165) is 5.75 Å². The fourth-order valence-corrected chi connectivity index (χ4v) is 1.96. The molecule has 4 nitrogen and oxygen atoms in total. The van der Waals surface area contributed by atoms with Gasteiger partial charge in [0.15, 0.2) is 5.75 Å². The van der Waals surface area contributed by atoms with Crippen molar-refractivity contribution in [1.82, 2.24) is 4.98 Å². The second-order valence-electron chi connectivity index (χ2n) is 4.70. The number of rotatable bonds is 5. The predicted octanol–water partition coefficient (Wildman–Crippen LogP) is 3.75. The van der Waals surface area contributed by atoms with Crippen molar-refractivity contribution in [2.24, 2.45) is 0 Å². The van der Waals surface area contributed by atoms with Crippen molar-refractivity contribution in [2.75, 3.05) is 0 Å². The maximum atomic E-state index is 12.1. The van der Waals surface area contributed by atoms with E-state index < -0.39 is 0 Å². The molecule has 2 aromatic carbocycles. The number of aromatic nitrogens is 1. The summed E-state index contributed by atoms with van der Waals surface area (Å²) in [5.74, 6) is 1.64. The molecule has 0 fully saturated rings. The summed E-state index contributed by atoms with van der Waals surface area (Å²) >= 11 is 0. The molecule has 3 aromatic rings. The van der Waals surface area contributed by atoms with Gasteiger partial charge in [0.25, 0.3) is 0 Å². The van der Waals surface area contributed by atoms with Gasteiger partial charge in [0.1, 0.15) is 18.1 Å². The van der Waals surface area contributed by atoms with Crippen molar-refractivity contribution < 1.29 is 9.47 Å². The van der Waals surface area contributed by atoms with Crippen molar-refractivity contribution >= 4 is 0 Å². The molecule has 0 spiro atoms. The molecule has 0 amide bonds. The second-order valence-corrected chi connectivity index (χ2v) is 4.70. The van der Waals surface area contributed by atoms with E-state index in [0.29, 0.717) is 18.1 Å². The smallest absolute Gasteiger partial charge is 0.224 e. The largest absolute Gasteiger partial charge is 0.487 e. The van der Waals surface area contributed by atoms with E-state index in [1.54, 1.807) is 18.3 Å². The molecule has 1 heterocycles. The van der Waals surface area contributed by atoms with Crippen LogP contribution in [0.5, 0.6) is 17.2 Å². The van der Waals surface area contributed by atoms with E-state index in [1.165, 1.54) is 6.07 Å². The van der Waals surface area contributed by atoms with E-state index in [-0.39, 0.29) is 11.2 Å². The summed E-state index contributed by atoms with van der Waals surface area (Å²) in [6.07, 6.45) is 1.55. The Hall–Kier alpha value is -3.01. The van der Waals surface area contributed by atoms with Crippen LogP contribution in [0.2, 0.25) is 0 Å². The molecular formula is C18H15NO3. The maximum Gasteiger partial charge on any atom is 0.224 e. The van der Waals surface area contributed by atoms with Crippen LogP contribution in [0.4, 0.5) is 0 Å². The standard InChI is InChI=1S/C18H15NO3/c20-17-11-14(13-21-15-7-3-1-4-8-15)19-12-18(17)22-16-9-5-2-6-10-16/h1-12H,13H2,(H,19,20). The van der Waals surface area contributed by atoms with E-state index in [2.05, 4.69) is 4.98 Å². The monoisotopic (exact) mass is 293 g/mol. The number of ether oxygens (including phenoxy) is 2. The first-order valence-corrected chi connectivity index (χ1v) is 6.93. The van der Waals surface area contributed by atoms with Gasteiger partial charge in [-0.25, -0.2) is 0 Å². The lowest BCUT2D eigenvalue weighted by molar-refractivity contribution is 0.301. The van der Waals surface area contributed by atoms with Crippen molar-refractivity contribution in [2.45, 2.75) is 6.61 Å². The minimum absolute atomic E-state index is 0.186. The van der Waals surface area contributed by atoms with Gasteiger partial charge < -0.3 is 14.5 Å². The third-order valence-corrected chi connectivity index (χ3v) is 3.05. The van der Waals surface area contributed by atoms with E-state index in [4.69, 9.17) is 9.47 Å². The Kier molecular flexibility index (Phi) is 4.20. The number of H-pyrrole nitrogens is 1. The zero-order valence-electron chi connectivity index (χ0n) is 11.9. The lowest BCUT2D eigenvalue weighted by Crippen LogP contribution is -2.08. The Bertz CT molecular complexity index is 782. The summed E-state index contributed by atoms with van der Waals surface area (Å²) in [4.78, 5) is 15.1. The van der Waals surface area contributed by atoms with Crippen LogP contribution in [-0.4, -0.2) is 4.98 Å². The molecule has 1 N–H and O–H groups in total. The third kappa shape index (κ3) is 3.55. The van der Waals surface area contributed by atoms with Crippen molar-refractivity contribution in [3.05, 3.63) is 88.8 Å². The quantitative estimate of drug-likeness (QED) is 0.779. The van der Waals surface area contributed by atoms with Crippen LogP contribution in [0, 0.1) is 0 Å². The first-order chi connectivity index (χ1) is 10.8. The Morgan fingerprint density at radius 3 is 2.14 bits per heavy atom. The average molecular weight is 293 g/mol. The second kappa shape index (κ2) is 6.63. The molecule has 0 aliphatic heterocycles. The normalized spacial score (nSPS) is 10.2. The van der Waals surface area contributed by atoms with Gasteiger partial charge in [-0.1, -0.05) is 36.4 Å². The predicted molar refractivity (Wildman–Crippen MR) is 84.4 cm³/mol. The summed E-state index contributed by atoms with van der Waals surface area (Å²) in [5.41, 5.74) is 0.503. The fourth-order valence-electron chi connectivity index (χ4n) is 1.96. The third-order valence-electron chi connectivity index (χ3n) is 3.05. The molecule has 22 heavy (non-hydrogen) atoms. The highest BCUT2D eigenvalue weighted by Gasteiger charge is 2.04. The number of nitrogens with one attached hydrogen (secondary N) is 1. The van der Waals surface area contributed by atoms with Crippen LogP contribution >= 0.6 is 0 Å². The lowest BCUT2D eigenvalue weighted by Gasteiger charge is -2.08. The van der Waals surface area contributed by atoms with Crippen molar-refractivity contribution in [3.8, 4) is 17.2 Å². The number of para-hydroxylation sites is 2. The molecule has 0 saturated heterocycles. The van der Waals surface area contributed by atoms with Gasteiger partial charge in [-0.2, -0.15) is 0 Å². The molecular weight excluding hydrogens is 278 g/mol. The van der Waals surface area contributed by atoms with Gasteiger partial charge in [-0.15, -0.1) is 0 Å². The minimum atomic E-state index is -0.186. The first kappa shape index (κ1) is 13.9. The minimum Gasteiger partial charge on any atom is -0.487 e. The molecule has 0 atom stereocenters. The van der Waals surface area contributed by atoms with Gasteiger partial charge in [0.05, 0.1) is 5.69 Å². The Morgan fingerprint density at radius 2 is 1.50 bits per heavy atom. The lowest BCUT2D eigenvalue weighted by atomic mass is 10.3. The number of benzene rings is 2. The molecule has 3 rings (SSSR count). The molecule has 0 aliphatic carbocycles. The molecule has 0 bridgehead atoms. The zero-order valence-corrected chi connectivity index (χ0v) is 11.9. The highest BCUT2D eigenvalue weighted by atomic mass is 16.5. The number of aromatic amines is 1. The van der Waals surface area contributed by atoms with Gasteiger partial charge in [-0.05, 0) is 24.3 Å². The van der Waals surface area contributed by atoms with Gasteiger partial charge in [0, 0.05) is 12.3 Å². The Balaban J connectivity index is 1.68. The van der Waals surface area contributed by atoms with Gasteiger partial charge >= 0.3 is 0 Å². The highest BCUT2D eigenvalue weighted by Crippen LogP contribution is 2.17. The molecule has 0 aliphatic rings.